The number of carbonyl (C=O) groups is 1. The highest BCUT2D eigenvalue weighted by Crippen LogP contribution is 2.35. The quantitative estimate of drug-likeness (QED) is 0.525. The number of likely N-dealkylation sites (tertiary alicyclic amines) is 1. The molecule has 0 spiro atoms. The zero-order chi connectivity index (χ0) is 22.5. The number of hydrogen-bond donors (Lipinski definition) is 0. The van der Waals surface area contributed by atoms with Crippen LogP contribution in [0.1, 0.15) is 36.8 Å². The summed E-state index contributed by atoms with van der Waals surface area (Å²) in [6, 6.07) is 13.1. The molecule has 0 unspecified atom stereocenters. The lowest BCUT2D eigenvalue weighted by atomic mass is 10.1. The van der Waals surface area contributed by atoms with Gasteiger partial charge in [-0.3, -0.25) is 4.79 Å². The Morgan fingerprint density at radius 3 is 2.56 bits per heavy atom. The Morgan fingerprint density at radius 1 is 1.06 bits per heavy atom. The van der Waals surface area contributed by atoms with Crippen molar-refractivity contribution in [2.75, 3.05) is 27.9 Å². The van der Waals surface area contributed by atoms with Crippen LogP contribution < -0.4 is 14.2 Å². The molecule has 0 saturated carbocycles. The lowest BCUT2D eigenvalue weighted by Crippen LogP contribution is -2.30. The van der Waals surface area contributed by atoms with Gasteiger partial charge in [-0.1, -0.05) is 17.3 Å². The van der Waals surface area contributed by atoms with Crippen LogP contribution in [0.5, 0.6) is 17.2 Å². The first-order valence-electron chi connectivity index (χ1n) is 10.6. The molecule has 32 heavy (non-hydrogen) atoms. The van der Waals surface area contributed by atoms with Crippen molar-refractivity contribution in [1.82, 2.24) is 15.0 Å². The number of carbonyl (C=O) groups excluding carboxylic acids is 1. The smallest absolute Gasteiger partial charge is 0.249 e. The zero-order valence-electron chi connectivity index (χ0n) is 18.5. The molecule has 0 radical (unpaired) electrons. The minimum absolute atomic E-state index is 0.0918. The Labute approximate surface area is 187 Å². The van der Waals surface area contributed by atoms with Crippen LogP contribution in [0.2, 0.25) is 0 Å². The van der Waals surface area contributed by atoms with Gasteiger partial charge in [0, 0.05) is 18.5 Å². The number of hydrogen-bond acceptors (Lipinski definition) is 7. The van der Waals surface area contributed by atoms with E-state index < -0.39 is 0 Å². The Hall–Kier alpha value is -3.55. The van der Waals surface area contributed by atoms with Crippen molar-refractivity contribution in [1.29, 1.82) is 0 Å². The monoisotopic (exact) mass is 437 g/mol. The highest BCUT2D eigenvalue weighted by molar-refractivity contribution is 5.77. The van der Waals surface area contributed by atoms with E-state index in [4.69, 9.17) is 18.7 Å². The molecular weight excluding hydrogens is 410 g/mol. The Bertz CT molecular complexity index is 1060. The van der Waals surface area contributed by atoms with Gasteiger partial charge in [0.1, 0.15) is 11.8 Å². The van der Waals surface area contributed by atoms with E-state index >= 15 is 0 Å². The fourth-order valence-corrected chi connectivity index (χ4v) is 3.97. The number of amides is 1. The van der Waals surface area contributed by atoms with E-state index in [-0.39, 0.29) is 11.9 Å². The van der Waals surface area contributed by atoms with Crippen molar-refractivity contribution >= 4 is 5.91 Å². The molecular formula is C24H27N3O5. The molecule has 4 rings (SSSR count). The molecule has 0 N–H and O–H groups in total. The predicted molar refractivity (Wildman–Crippen MR) is 118 cm³/mol. The summed E-state index contributed by atoms with van der Waals surface area (Å²) in [5.41, 5.74) is 1.86. The molecule has 168 valence electrons. The number of methoxy groups -OCH3 is 3. The van der Waals surface area contributed by atoms with Crippen LogP contribution in [-0.4, -0.2) is 48.8 Å². The Balaban J connectivity index is 1.44. The number of rotatable bonds is 8. The van der Waals surface area contributed by atoms with Crippen LogP contribution in [0, 0.1) is 0 Å². The first kappa shape index (κ1) is 21.7. The molecule has 1 atom stereocenters. The molecule has 1 aromatic heterocycles. The summed E-state index contributed by atoms with van der Waals surface area (Å²) < 4.78 is 21.4. The molecule has 0 aliphatic carbocycles. The van der Waals surface area contributed by atoms with Crippen molar-refractivity contribution in [2.24, 2.45) is 0 Å². The van der Waals surface area contributed by atoms with Gasteiger partial charge in [-0.25, -0.2) is 0 Å². The highest BCUT2D eigenvalue weighted by Gasteiger charge is 2.33. The minimum atomic E-state index is -0.195. The second-order valence-electron chi connectivity index (χ2n) is 7.62. The number of benzene rings is 2. The van der Waals surface area contributed by atoms with E-state index in [1.165, 1.54) is 0 Å². The molecule has 2 heterocycles. The summed E-state index contributed by atoms with van der Waals surface area (Å²) in [7, 11) is 4.81. The van der Waals surface area contributed by atoms with Crippen LogP contribution in [-0.2, 0) is 11.2 Å². The standard InChI is InChI=1S/C24H27N3O5/c1-29-18-10-6-16(7-11-18)8-13-22(28)27-14-4-5-19(27)24-25-23(26-32-24)17-9-12-20(30-2)21(15-17)31-3/h6-7,9-12,15,19H,4-5,8,13-14H2,1-3H3/t19-/m1/s1. The number of nitrogens with zero attached hydrogens (tertiary/aromatic N) is 3. The summed E-state index contributed by atoms with van der Waals surface area (Å²) in [6.07, 6.45) is 2.82. The number of aromatic nitrogens is 2. The molecule has 1 aliphatic rings. The molecule has 1 aliphatic heterocycles. The van der Waals surface area contributed by atoms with Gasteiger partial charge in [0.05, 0.1) is 21.3 Å². The van der Waals surface area contributed by atoms with E-state index in [0.717, 1.165) is 29.7 Å². The third-order valence-electron chi connectivity index (χ3n) is 5.73. The van der Waals surface area contributed by atoms with Crippen LogP contribution >= 0.6 is 0 Å². The third-order valence-corrected chi connectivity index (χ3v) is 5.73. The molecule has 1 fully saturated rings. The summed E-state index contributed by atoms with van der Waals surface area (Å²) in [4.78, 5) is 19.4. The fourth-order valence-electron chi connectivity index (χ4n) is 3.97. The van der Waals surface area contributed by atoms with Crippen molar-refractivity contribution in [3.8, 4) is 28.6 Å². The van der Waals surface area contributed by atoms with E-state index in [9.17, 15) is 4.79 Å². The van der Waals surface area contributed by atoms with Crippen LogP contribution in [0.4, 0.5) is 0 Å². The lowest BCUT2D eigenvalue weighted by Gasteiger charge is -2.21. The van der Waals surface area contributed by atoms with Crippen molar-refractivity contribution in [2.45, 2.75) is 31.7 Å². The largest absolute Gasteiger partial charge is 0.497 e. The van der Waals surface area contributed by atoms with E-state index in [1.54, 1.807) is 33.5 Å². The molecule has 8 nitrogen and oxygen atoms in total. The maximum atomic E-state index is 12.9. The topological polar surface area (TPSA) is 86.9 Å². The van der Waals surface area contributed by atoms with Gasteiger partial charge in [-0.15, -0.1) is 0 Å². The average molecular weight is 437 g/mol. The van der Waals surface area contributed by atoms with Gasteiger partial charge >= 0.3 is 0 Å². The van der Waals surface area contributed by atoms with Crippen LogP contribution in [0.3, 0.4) is 0 Å². The molecule has 1 amide bonds. The summed E-state index contributed by atoms with van der Waals surface area (Å²) in [5.74, 6) is 3.04. The Morgan fingerprint density at radius 2 is 1.84 bits per heavy atom. The van der Waals surface area contributed by atoms with Gasteiger partial charge in [0.25, 0.3) is 0 Å². The maximum absolute atomic E-state index is 12.9. The van der Waals surface area contributed by atoms with Gasteiger partial charge in [-0.05, 0) is 55.2 Å². The van der Waals surface area contributed by atoms with Gasteiger partial charge in [0.15, 0.2) is 11.5 Å². The lowest BCUT2D eigenvalue weighted by molar-refractivity contribution is -0.132. The van der Waals surface area contributed by atoms with E-state index in [1.807, 2.05) is 35.2 Å². The van der Waals surface area contributed by atoms with Gasteiger partial charge in [0.2, 0.25) is 17.6 Å². The van der Waals surface area contributed by atoms with E-state index in [2.05, 4.69) is 10.1 Å². The van der Waals surface area contributed by atoms with Crippen LogP contribution in [0.15, 0.2) is 47.0 Å². The second kappa shape index (κ2) is 9.72. The predicted octanol–water partition coefficient (Wildman–Crippen LogP) is 4.06. The summed E-state index contributed by atoms with van der Waals surface area (Å²) >= 11 is 0. The van der Waals surface area contributed by atoms with Gasteiger partial charge in [-0.2, -0.15) is 4.98 Å². The molecule has 2 aromatic carbocycles. The van der Waals surface area contributed by atoms with E-state index in [0.29, 0.717) is 42.6 Å². The molecule has 3 aromatic rings. The average Bonchev–Trinajstić information content (AvgIpc) is 3.52. The molecule has 0 bridgehead atoms. The van der Waals surface area contributed by atoms with Crippen molar-refractivity contribution in [3.05, 3.63) is 53.9 Å². The molecule has 1 saturated heterocycles. The normalized spacial score (nSPS) is 15.6. The first-order chi connectivity index (χ1) is 15.6. The Kier molecular flexibility index (Phi) is 6.58. The zero-order valence-corrected chi connectivity index (χ0v) is 18.5. The number of aryl methyl sites for hydroxylation is 1. The van der Waals surface area contributed by atoms with Crippen LogP contribution in [0.25, 0.3) is 11.4 Å². The highest BCUT2D eigenvalue weighted by atomic mass is 16.5. The summed E-state index contributed by atoms with van der Waals surface area (Å²) in [6.45, 7) is 0.695. The maximum Gasteiger partial charge on any atom is 0.249 e. The SMILES string of the molecule is COc1ccc(CCC(=O)N2CCC[C@@H]2c2nc(-c3ccc(OC)c(OC)c3)no2)cc1. The van der Waals surface area contributed by atoms with Crippen molar-refractivity contribution < 1.29 is 23.5 Å². The summed E-state index contributed by atoms with van der Waals surface area (Å²) in [5, 5.41) is 4.13. The van der Waals surface area contributed by atoms with Gasteiger partial charge < -0.3 is 23.6 Å². The minimum Gasteiger partial charge on any atom is -0.497 e. The van der Waals surface area contributed by atoms with Crippen molar-refractivity contribution in [3.63, 3.8) is 0 Å². The second-order valence-corrected chi connectivity index (χ2v) is 7.62. The first-order valence-corrected chi connectivity index (χ1v) is 10.6. The fraction of sp³-hybridized carbons (Fsp3) is 0.375. The third kappa shape index (κ3) is 4.54. The number of ether oxygens (including phenoxy) is 3. The molecule has 8 heteroatoms.